The number of aliphatic hydroxyl groups excluding tert-OH is 2. The van der Waals surface area contributed by atoms with Crippen molar-refractivity contribution in [2.75, 3.05) is 13.2 Å². The molecule has 2 N–H and O–H groups in total. The molecule has 19 heavy (non-hydrogen) atoms. The predicted molar refractivity (Wildman–Crippen MR) is 71.3 cm³/mol. The second-order valence-corrected chi connectivity index (χ2v) is 6.70. The predicted octanol–water partition coefficient (Wildman–Crippen LogP) is 1.59. The van der Waals surface area contributed by atoms with E-state index in [1.807, 2.05) is 0 Å². The number of hydrogen-bond donors (Lipinski definition) is 2. The second-order valence-electron chi connectivity index (χ2n) is 6.70. The van der Waals surface area contributed by atoms with Gasteiger partial charge in [-0.15, -0.1) is 0 Å². The van der Waals surface area contributed by atoms with E-state index in [9.17, 15) is 15.0 Å². The van der Waals surface area contributed by atoms with Gasteiger partial charge in [-0.2, -0.15) is 0 Å². The molecule has 2 aliphatic rings. The van der Waals surface area contributed by atoms with E-state index in [-0.39, 0.29) is 17.8 Å². The summed E-state index contributed by atoms with van der Waals surface area (Å²) < 4.78 is 5.27. The van der Waals surface area contributed by atoms with Crippen LogP contribution in [0.4, 0.5) is 0 Å². The Bertz CT molecular complexity index is 343. The van der Waals surface area contributed by atoms with Gasteiger partial charge in [0.15, 0.2) is 6.29 Å². The average molecular weight is 270 g/mol. The third-order valence-corrected chi connectivity index (χ3v) is 5.30. The van der Waals surface area contributed by atoms with Crippen LogP contribution in [0.2, 0.25) is 0 Å². The van der Waals surface area contributed by atoms with E-state index in [0.717, 1.165) is 6.42 Å². The van der Waals surface area contributed by atoms with E-state index in [1.165, 1.54) is 0 Å². The Morgan fingerprint density at radius 2 is 2.16 bits per heavy atom. The van der Waals surface area contributed by atoms with Gasteiger partial charge in [-0.1, -0.05) is 13.8 Å². The second kappa shape index (κ2) is 5.51. The number of ketones is 1. The summed E-state index contributed by atoms with van der Waals surface area (Å²) in [7, 11) is 0. The van der Waals surface area contributed by atoms with Crippen LogP contribution in [-0.4, -0.2) is 35.5 Å². The number of ether oxygens (including phenoxy) is 1. The van der Waals surface area contributed by atoms with Gasteiger partial charge < -0.3 is 19.7 Å². The summed E-state index contributed by atoms with van der Waals surface area (Å²) in [5.74, 6) is 1.81. The van der Waals surface area contributed by atoms with Crippen LogP contribution in [0.25, 0.3) is 0 Å². The van der Waals surface area contributed by atoms with Crippen LogP contribution in [0.5, 0.6) is 0 Å². The summed E-state index contributed by atoms with van der Waals surface area (Å²) in [6.45, 7) is 6.63. The van der Waals surface area contributed by atoms with E-state index < -0.39 is 6.29 Å². The van der Waals surface area contributed by atoms with Crippen molar-refractivity contribution in [3.63, 3.8) is 0 Å². The smallest absolute Gasteiger partial charge is 0.154 e. The lowest BCUT2D eigenvalue weighted by Crippen LogP contribution is -2.34. The molecule has 1 heterocycles. The molecule has 1 unspecified atom stereocenters. The molecule has 110 valence electrons. The molecule has 2 rings (SSSR count). The number of rotatable bonds is 5. The van der Waals surface area contributed by atoms with Gasteiger partial charge in [-0.05, 0) is 42.4 Å². The lowest BCUT2D eigenvalue weighted by molar-refractivity contribution is -0.161. The first-order valence-corrected chi connectivity index (χ1v) is 7.30. The molecule has 0 radical (unpaired) electrons. The van der Waals surface area contributed by atoms with Gasteiger partial charge in [0.25, 0.3) is 0 Å². The third kappa shape index (κ3) is 2.86. The minimum absolute atomic E-state index is 0.0779. The van der Waals surface area contributed by atoms with Gasteiger partial charge in [0, 0.05) is 19.4 Å². The minimum Gasteiger partial charge on any atom is -0.396 e. The minimum atomic E-state index is -0.668. The van der Waals surface area contributed by atoms with E-state index >= 15 is 0 Å². The molecule has 1 aliphatic heterocycles. The zero-order chi connectivity index (χ0) is 14.2. The molecule has 0 aromatic rings. The van der Waals surface area contributed by atoms with Crippen molar-refractivity contribution in [2.24, 2.45) is 29.1 Å². The number of carbonyl (C=O) groups excluding carboxylic acids is 1. The largest absolute Gasteiger partial charge is 0.396 e. The maximum atomic E-state index is 11.2. The highest BCUT2D eigenvalue weighted by Gasteiger charge is 2.63. The molecular formula is C15H26O4. The maximum Gasteiger partial charge on any atom is 0.154 e. The summed E-state index contributed by atoms with van der Waals surface area (Å²) in [5, 5.41) is 19.4. The van der Waals surface area contributed by atoms with E-state index in [2.05, 4.69) is 13.8 Å². The number of carbonyl (C=O) groups is 1. The summed E-state index contributed by atoms with van der Waals surface area (Å²) in [5.41, 5.74) is -0.0779. The van der Waals surface area contributed by atoms with E-state index in [1.54, 1.807) is 6.92 Å². The Hall–Kier alpha value is -0.450. The first-order chi connectivity index (χ1) is 8.90. The molecule has 0 spiro atoms. The molecule has 0 aromatic carbocycles. The molecule has 0 aromatic heterocycles. The fourth-order valence-electron chi connectivity index (χ4n) is 4.00. The highest BCUT2D eigenvalue weighted by atomic mass is 16.6. The van der Waals surface area contributed by atoms with Crippen molar-refractivity contribution < 1.29 is 19.7 Å². The number of aliphatic hydroxyl groups is 2. The lowest BCUT2D eigenvalue weighted by Gasteiger charge is -2.33. The van der Waals surface area contributed by atoms with Crippen LogP contribution in [0, 0.1) is 29.1 Å². The molecular weight excluding hydrogens is 244 g/mol. The van der Waals surface area contributed by atoms with Gasteiger partial charge in [-0.25, -0.2) is 0 Å². The van der Waals surface area contributed by atoms with Crippen molar-refractivity contribution >= 4 is 5.78 Å². The molecule has 1 aliphatic carbocycles. The highest BCUT2D eigenvalue weighted by molar-refractivity contribution is 5.75. The van der Waals surface area contributed by atoms with Gasteiger partial charge >= 0.3 is 0 Å². The molecule has 4 nitrogen and oxygen atoms in total. The van der Waals surface area contributed by atoms with Gasteiger partial charge in [0.1, 0.15) is 5.78 Å². The van der Waals surface area contributed by atoms with Gasteiger partial charge in [0.2, 0.25) is 0 Å². The van der Waals surface area contributed by atoms with Crippen LogP contribution < -0.4 is 0 Å². The van der Waals surface area contributed by atoms with E-state index in [4.69, 9.17) is 4.74 Å². The SMILES string of the molecule is CC(=O)CC[C@H]1[C@@H]([C@@H]2CC(O)OC[C@@H]2C)[C@]1(C)CO. The van der Waals surface area contributed by atoms with Crippen LogP contribution in [0.3, 0.4) is 0 Å². The van der Waals surface area contributed by atoms with Gasteiger partial charge in [-0.3, -0.25) is 0 Å². The topological polar surface area (TPSA) is 66.8 Å². The molecule has 1 saturated carbocycles. The fourth-order valence-corrected chi connectivity index (χ4v) is 4.00. The Balaban J connectivity index is 2.03. The maximum absolute atomic E-state index is 11.2. The summed E-state index contributed by atoms with van der Waals surface area (Å²) in [6.07, 6.45) is 1.43. The fraction of sp³-hybridized carbons (Fsp3) is 0.933. The van der Waals surface area contributed by atoms with Crippen molar-refractivity contribution in [3.8, 4) is 0 Å². The van der Waals surface area contributed by atoms with Crippen LogP contribution in [0.1, 0.15) is 40.0 Å². The first-order valence-electron chi connectivity index (χ1n) is 7.30. The summed E-state index contributed by atoms with van der Waals surface area (Å²) in [6, 6.07) is 0. The molecule has 2 fully saturated rings. The Morgan fingerprint density at radius 1 is 1.47 bits per heavy atom. The first kappa shape index (κ1) is 14.9. The third-order valence-electron chi connectivity index (χ3n) is 5.30. The zero-order valence-corrected chi connectivity index (χ0v) is 12.1. The van der Waals surface area contributed by atoms with Crippen LogP contribution in [-0.2, 0) is 9.53 Å². The molecule has 0 bridgehead atoms. The van der Waals surface area contributed by atoms with Crippen molar-refractivity contribution in [1.29, 1.82) is 0 Å². The van der Waals surface area contributed by atoms with Gasteiger partial charge in [0.05, 0.1) is 6.61 Å². The average Bonchev–Trinajstić information content (AvgIpc) is 2.95. The Morgan fingerprint density at radius 3 is 2.74 bits per heavy atom. The van der Waals surface area contributed by atoms with Crippen LogP contribution in [0.15, 0.2) is 0 Å². The molecule has 6 atom stereocenters. The Kier molecular flexibility index (Phi) is 4.33. The normalized spacial score (nSPS) is 46.1. The van der Waals surface area contributed by atoms with Crippen molar-refractivity contribution in [2.45, 2.75) is 46.3 Å². The van der Waals surface area contributed by atoms with Crippen LogP contribution >= 0.6 is 0 Å². The van der Waals surface area contributed by atoms with Crippen molar-refractivity contribution in [1.82, 2.24) is 0 Å². The summed E-state index contributed by atoms with van der Waals surface area (Å²) >= 11 is 0. The summed E-state index contributed by atoms with van der Waals surface area (Å²) in [4.78, 5) is 11.2. The number of Topliss-reactive ketones (excluding diaryl/α,β-unsaturated/α-hetero) is 1. The van der Waals surface area contributed by atoms with Crippen molar-refractivity contribution in [3.05, 3.63) is 0 Å². The molecule has 4 heteroatoms. The lowest BCUT2D eigenvalue weighted by atomic mass is 9.82. The monoisotopic (exact) mass is 270 g/mol. The van der Waals surface area contributed by atoms with E-state index in [0.29, 0.717) is 43.1 Å². The molecule has 0 amide bonds. The number of hydrogen-bond acceptors (Lipinski definition) is 4. The molecule has 1 saturated heterocycles. The standard InChI is InChI=1S/C15H26O4/c1-9-7-19-13(18)6-11(9)14-12(5-4-10(2)17)15(14,3)8-16/h9,11-14,16,18H,4-8H2,1-3H3/t9-,11+,12-,13?,14+,15+/m0/s1. The highest BCUT2D eigenvalue weighted by Crippen LogP contribution is 2.66. The quantitative estimate of drug-likeness (QED) is 0.796. The Labute approximate surface area is 115 Å². The zero-order valence-electron chi connectivity index (χ0n) is 12.1.